The van der Waals surface area contributed by atoms with Crippen molar-refractivity contribution in [3.8, 4) is 5.69 Å². The van der Waals surface area contributed by atoms with Crippen molar-refractivity contribution in [3.63, 3.8) is 0 Å². The van der Waals surface area contributed by atoms with Crippen molar-refractivity contribution in [2.24, 2.45) is 0 Å². The number of aromatic nitrogens is 3. The van der Waals surface area contributed by atoms with Gasteiger partial charge in [-0.2, -0.15) is 0 Å². The molecule has 0 spiro atoms. The van der Waals surface area contributed by atoms with Gasteiger partial charge < -0.3 is 10.4 Å². The number of carboxylic acid groups (broad SMARTS) is 1. The van der Waals surface area contributed by atoms with Crippen LogP contribution in [0.2, 0.25) is 0 Å². The highest BCUT2D eigenvalue weighted by molar-refractivity contribution is 5.90. The molecule has 0 bridgehead atoms. The van der Waals surface area contributed by atoms with Gasteiger partial charge in [-0.3, -0.25) is 14.2 Å². The summed E-state index contributed by atoms with van der Waals surface area (Å²) in [4.78, 5) is 22.1. The van der Waals surface area contributed by atoms with Crippen molar-refractivity contribution in [1.82, 2.24) is 14.8 Å². The molecule has 1 amide bonds. The van der Waals surface area contributed by atoms with Gasteiger partial charge in [0.2, 0.25) is 5.91 Å². The van der Waals surface area contributed by atoms with E-state index in [0.717, 1.165) is 5.69 Å². The summed E-state index contributed by atoms with van der Waals surface area (Å²) in [5, 5.41) is 18.8. The maximum absolute atomic E-state index is 11.8. The lowest BCUT2D eigenvalue weighted by molar-refractivity contribution is -0.137. The zero-order chi connectivity index (χ0) is 15.1. The third-order valence-corrected chi connectivity index (χ3v) is 2.89. The van der Waals surface area contributed by atoms with Crippen molar-refractivity contribution in [1.29, 1.82) is 0 Å². The number of carboxylic acids is 1. The summed E-state index contributed by atoms with van der Waals surface area (Å²) in [5.41, 5.74) is 1.54. The molecule has 110 valence electrons. The fraction of sp³-hybridized carbons (Fsp3) is 0.286. The molecule has 2 N–H and O–H groups in total. The molecule has 21 heavy (non-hydrogen) atoms. The number of hydrogen-bond acceptors (Lipinski definition) is 4. The van der Waals surface area contributed by atoms with Crippen LogP contribution in [0.3, 0.4) is 0 Å². The topological polar surface area (TPSA) is 97.1 Å². The summed E-state index contributed by atoms with van der Waals surface area (Å²) in [6.07, 6.45) is 4.62. The molecule has 0 unspecified atom stereocenters. The van der Waals surface area contributed by atoms with Crippen molar-refractivity contribution in [2.45, 2.75) is 25.7 Å². The fourth-order valence-electron chi connectivity index (χ4n) is 1.86. The number of anilines is 1. The average Bonchev–Trinajstić information content (AvgIpc) is 2.98. The number of unbranched alkanes of at least 4 members (excludes halogenated alkanes) is 1. The Bertz CT molecular complexity index is 610. The minimum absolute atomic E-state index is 0.0936. The molecule has 7 nitrogen and oxygen atoms in total. The Hall–Kier alpha value is -2.70. The van der Waals surface area contributed by atoms with Crippen LogP contribution in [0, 0.1) is 0 Å². The molecule has 2 aromatic rings. The van der Waals surface area contributed by atoms with Gasteiger partial charge in [0, 0.05) is 18.5 Å². The third-order valence-electron chi connectivity index (χ3n) is 2.89. The Morgan fingerprint density at radius 3 is 2.57 bits per heavy atom. The summed E-state index contributed by atoms with van der Waals surface area (Å²) in [5.74, 6) is -0.960. The normalized spacial score (nSPS) is 10.3. The van der Waals surface area contributed by atoms with E-state index >= 15 is 0 Å². The second-order valence-electron chi connectivity index (χ2n) is 4.57. The lowest BCUT2D eigenvalue weighted by atomic mass is 10.2. The molecule has 0 atom stereocenters. The van der Waals surface area contributed by atoms with Gasteiger partial charge in [-0.25, -0.2) is 0 Å². The highest BCUT2D eigenvalue weighted by Gasteiger charge is 2.05. The van der Waals surface area contributed by atoms with Gasteiger partial charge in [0.1, 0.15) is 12.7 Å². The third kappa shape index (κ3) is 4.72. The van der Waals surface area contributed by atoms with E-state index < -0.39 is 5.97 Å². The van der Waals surface area contributed by atoms with Gasteiger partial charge in [0.05, 0.1) is 5.69 Å². The van der Waals surface area contributed by atoms with Crippen LogP contribution in [0.5, 0.6) is 0 Å². The van der Waals surface area contributed by atoms with Crippen LogP contribution in [-0.2, 0) is 9.59 Å². The molecule has 0 aliphatic carbocycles. The summed E-state index contributed by atoms with van der Waals surface area (Å²) < 4.78 is 1.74. The van der Waals surface area contributed by atoms with Crippen molar-refractivity contribution in [2.75, 3.05) is 5.32 Å². The first-order valence-electron chi connectivity index (χ1n) is 6.62. The molecular formula is C14H16N4O3. The van der Waals surface area contributed by atoms with E-state index in [2.05, 4.69) is 15.5 Å². The number of rotatable bonds is 7. The van der Waals surface area contributed by atoms with Crippen LogP contribution in [-0.4, -0.2) is 31.7 Å². The van der Waals surface area contributed by atoms with Gasteiger partial charge >= 0.3 is 5.97 Å². The van der Waals surface area contributed by atoms with Crippen molar-refractivity contribution in [3.05, 3.63) is 36.9 Å². The smallest absolute Gasteiger partial charge is 0.303 e. The molecule has 0 radical (unpaired) electrons. The number of aliphatic carboxylic acids is 1. The predicted octanol–water partition coefficient (Wildman–Crippen LogP) is 1.85. The molecular weight excluding hydrogens is 272 g/mol. The zero-order valence-corrected chi connectivity index (χ0v) is 11.4. The summed E-state index contributed by atoms with van der Waals surface area (Å²) >= 11 is 0. The molecule has 2 rings (SSSR count). The molecule has 0 saturated heterocycles. The zero-order valence-electron chi connectivity index (χ0n) is 11.4. The van der Waals surface area contributed by atoms with E-state index in [1.807, 2.05) is 18.2 Å². The molecule has 0 aliphatic heterocycles. The molecule has 0 aliphatic rings. The summed E-state index contributed by atoms with van der Waals surface area (Å²) in [7, 11) is 0. The van der Waals surface area contributed by atoms with Crippen LogP contribution in [0.25, 0.3) is 5.69 Å². The summed E-state index contributed by atoms with van der Waals surface area (Å²) in [6.45, 7) is 0. The van der Waals surface area contributed by atoms with Crippen molar-refractivity contribution >= 4 is 17.6 Å². The number of hydrogen-bond donors (Lipinski definition) is 2. The quantitative estimate of drug-likeness (QED) is 0.758. The lowest BCUT2D eigenvalue weighted by Crippen LogP contribution is -2.11. The monoisotopic (exact) mass is 288 g/mol. The van der Waals surface area contributed by atoms with E-state index in [4.69, 9.17) is 5.11 Å². The first-order valence-corrected chi connectivity index (χ1v) is 6.62. The number of benzene rings is 1. The maximum atomic E-state index is 11.8. The minimum Gasteiger partial charge on any atom is -0.481 e. The molecule has 0 saturated carbocycles. The van der Waals surface area contributed by atoms with Gasteiger partial charge in [-0.15, -0.1) is 10.2 Å². The van der Waals surface area contributed by atoms with Crippen LogP contribution in [0.1, 0.15) is 25.7 Å². The van der Waals surface area contributed by atoms with E-state index in [0.29, 0.717) is 24.9 Å². The van der Waals surface area contributed by atoms with Gasteiger partial charge in [-0.1, -0.05) is 6.07 Å². The molecule has 1 heterocycles. The first kappa shape index (κ1) is 14.7. The van der Waals surface area contributed by atoms with E-state index in [9.17, 15) is 9.59 Å². The SMILES string of the molecule is O=C(O)CCCCC(=O)Nc1cccc(-n2cnnc2)c1. The van der Waals surface area contributed by atoms with Crippen molar-refractivity contribution < 1.29 is 14.7 Å². The fourth-order valence-corrected chi connectivity index (χ4v) is 1.86. The number of carbonyl (C=O) groups is 2. The molecule has 0 fully saturated rings. The minimum atomic E-state index is -0.836. The van der Waals surface area contributed by atoms with Crippen LogP contribution in [0.4, 0.5) is 5.69 Å². The number of nitrogens with one attached hydrogen (secondary N) is 1. The van der Waals surface area contributed by atoms with E-state index in [1.54, 1.807) is 23.3 Å². The van der Waals surface area contributed by atoms with E-state index in [-0.39, 0.29) is 12.3 Å². The van der Waals surface area contributed by atoms with Gasteiger partial charge in [0.25, 0.3) is 0 Å². The Morgan fingerprint density at radius 1 is 1.14 bits per heavy atom. The Kier molecular flexibility index (Phi) is 5.03. The van der Waals surface area contributed by atoms with Gasteiger partial charge in [0.15, 0.2) is 0 Å². The summed E-state index contributed by atoms with van der Waals surface area (Å²) in [6, 6.07) is 7.32. The molecule has 7 heteroatoms. The average molecular weight is 288 g/mol. The number of amides is 1. The Labute approximate surface area is 121 Å². The number of nitrogens with zero attached hydrogens (tertiary/aromatic N) is 3. The standard InChI is InChI=1S/C14H16N4O3/c19-13(6-1-2-7-14(20)21)17-11-4-3-5-12(8-11)18-9-15-16-10-18/h3-5,8-10H,1-2,6-7H2,(H,17,19)(H,20,21). The highest BCUT2D eigenvalue weighted by Crippen LogP contribution is 2.14. The predicted molar refractivity (Wildman–Crippen MR) is 76.1 cm³/mol. The first-order chi connectivity index (χ1) is 10.1. The van der Waals surface area contributed by atoms with E-state index in [1.165, 1.54) is 0 Å². The second kappa shape index (κ2) is 7.18. The molecule has 1 aromatic heterocycles. The largest absolute Gasteiger partial charge is 0.481 e. The van der Waals surface area contributed by atoms with Crippen LogP contribution < -0.4 is 5.32 Å². The maximum Gasteiger partial charge on any atom is 0.303 e. The highest BCUT2D eigenvalue weighted by atomic mass is 16.4. The van der Waals surface area contributed by atoms with Crippen LogP contribution in [0.15, 0.2) is 36.9 Å². The lowest BCUT2D eigenvalue weighted by Gasteiger charge is -2.07. The second-order valence-corrected chi connectivity index (χ2v) is 4.57. The number of carbonyl (C=O) groups excluding carboxylic acids is 1. The Balaban J connectivity index is 1.86. The van der Waals surface area contributed by atoms with Crippen LogP contribution >= 0.6 is 0 Å². The molecule has 1 aromatic carbocycles. The van der Waals surface area contributed by atoms with Gasteiger partial charge in [-0.05, 0) is 31.0 Å². The Morgan fingerprint density at radius 2 is 1.86 bits per heavy atom.